The maximum atomic E-state index is 13.4. The molecule has 1 aromatic carbocycles. The smallest absolute Gasteiger partial charge is 0.343 e. The molecule has 0 radical (unpaired) electrons. The quantitative estimate of drug-likeness (QED) is 0.226. The largest absolute Gasteiger partial charge is 0.494 e. The van der Waals surface area contributed by atoms with E-state index in [-0.39, 0.29) is 43.4 Å². The van der Waals surface area contributed by atoms with E-state index in [1.165, 1.54) is 0 Å². The first-order valence-electron chi connectivity index (χ1n) is 12.5. The molecule has 1 atom stereocenters. The van der Waals surface area contributed by atoms with Gasteiger partial charge in [0.2, 0.25) is 5.91 Å². The van der Waals surface area contributed by atoms with E-state index in [4.69, 9.17) is 20.2 Å². The number of nitrogens with one attached hydrogen (secondary N) is 1. The summed E-state index contributed by atoms with van der Waals surface area (Å²) in [7, 11) is 0. The molecule has 0 spiro atoms. The summed E-state index contributed by atoms with van der Waals surface area (Å²) in [5, 5.41) is 14.7. The van der Waals surface area contributed by atoms with Crippen molar-refractivity contribution in [2.45, 2.75) is 51.9 Å². The van der Waals surface area contributed by atoms with Gasteiger partial charge in [-0.25, -0.2) is 9.78 Å². The second-order valence-corrected chi connectivity index (χ2v) is 9.31. The molecule has 2 aliphatic heterocycles. The monoisotopic (exact) mass is 542 g/mol. The predicted octanol–water partition coefficient (Wildman–Crippen LogP) is 1.91. The molecule has 10 nitrogen and oxygen atoms in total. The second kappa shape index (κ2) is 10.7. The van der Waals surface area contributed by atoms with Gasteiger partial charge in [-0.3, -0.25) is 9.59 Å². The summed E-state index contributed by atoms with van der Waals surface area (Å²) in [5.41, 5.74) is 7.84. The predicted molar refractivity (Wildman–Crippen MR) is 143 cm³/mol. The molecular weight excluding hydrogens is 512 g/mol. The van der Waals surface area contributed by atoms with Crippen LogP contribution in [0.25, 0.3) is 22.3 Å². The number of carbonyl (C=O) groups excluding carboxylic acids is 2. The van der Waals surface area contributed by atoms with Crippen molar-refractivity contribution in [2.75, 3.05) is 19.7 Å². The van der Waals surface area contributed by atoms with Gasteiger partial charge in [-0.2, -0.15) is 0 Å². The maximum absolute atomic E-state index is 13.4. The standard InChI is InChI=1S/C27H30N4O6.ClH/c1-3-16-17-10-15(36-9-5-8-29-23(32)12-28)6-7-21(17)30-24-18(16)13-31-22(24)11-20-19(25(31)33)14-37-26(34)27(20,35)4-2;/h6-7,10-11,35H,3-5,8-9,12-14,28H2,1-2H3,(H,29,32);1H/t27-;/m0./s1. The van der Waals surface area contributed by atoms with Crippen molar-refractivity contribution in [1.29, 1.82) is 0 Å². The molecular formula is C27H31ClN4O6. The van der Waals surface area contributed by atoms with Crippen LogP contribution in [-0.4, -0.2) is 46.2 Å². The summed E-state index contributed by atoms with van der Waals surface area (Å²) < 4.78 is 12.7. The molecule has 0 aliphatic carbocycles. The summed E-state index contributed by atoms with van der Waals surface area (Å²) in [6.07, 6.45) is 1.47. The van der Waals surface area contributed by atoms with Crippen molar-refractivity contribution in [3.8, 4) is 17.1 Å². The highest BCUT2D eigenvalue weighted by Gasteiger charge is 2.45. The minimum Gasteiger partial charge on any atom is -0.494 e. The number of nitrogens with two attached hydrogens (primary N) is 1. The molecule has 11 heteroatoms. The van der Waals surface area contributed by atoms with E-state index in [1.807, 2.05) is 18.2 Å². The number of benzene rings is 1. The van der Waals surface area contributed by atoms with E-state index in [0.29, 0.717) is 54.4 Å². The minimum absolute atomic E-state index is 0. The lowest BCUT2D eigenvalue weighted by molar-refractivity contribution is -0.172. The summed E-state index contributed by atoms with van der Waals surface area (Å²) in [5.74, 6) is -0.237. The average molecular weight is 543 g/mol. The Morgan fingerprint density at radius 3 is 2.76 bits per heavy atom. The Hall–Kier alpha value is -3.47. The van der Waals surface area contributed by atoms with Crippen molar-refractivity contribution in [1.82, 2.24) is 14.9 Å². The number of aliphatic hydroxyl groups is 1. The zero-order chi connectivity index (χ0) is 26.3. The molecule has 0 fully saturated rings. The lowest BCUT2D eigenvalue weighted by atomic mass is 9.86. The molecule has 38 heavy (non-hydrogen) atoms. The lowest BCUT2D eigenvalue weighted by Gasteiger charge is -2.31. The van der Waals surface area contributed by atoms with Crippen molar-refractivity contribution >= 4 is 35.2 Å². The minimum atomic E-state index is -1.85. The molecule has 2 aliphatic rings. The van der Waals surface area contributed by atoms with Gasteiger partial charge in [-0.05, 0) is 49.1 Å². The maximum Gasteiger partial charge on any atom is 0.343 e. The average Bonchev–Trinajstić information content (AvgIpc) is 3.27. The van der Waals surface area contributed by atoms with Crippen LogP contribution in [0.2, 0.25) is 0 Å². The number of esters is 1. The summed E-state index contributed by atoms with van der Waals surface area (Å²) in [6.45, 7) is 4.83. The number of halogens is 1. The van der Waals surface area contributed by atoms with E-state index in [2.05, 4.69) is 12.2 Å². The Bertz CT molecular complexity index is 1490. The van der Waals surface area contributed by atoms with Crippen LogP contribution in [0, 0.1) is 0 Å². The number of amides is 1. The van der Waals surface area contributed by atoms with Gasteiger partial charge in [0, 0.05) is 23.1 Å². The van der Waals surface area contributed by atoms with E-state index in [0.717, 1.165) is 28.5 Å². The highest BCUT2D eigenvalue weighted by molar-refractivity contribution is 5.90. The molecule has 5 rings (SSSR count). The van der Waals surface area contributed by atoms with E-state index in [9.17, 15) is 19.5 Å². The number of aryl methyl sites for hydroxylation is 1. The van der Waals surface area contributed by atoms with Gasteiger partial charge in [0.25, 0.3) is 5.56 Å². The third-order valence-corrected chi connectivity index (χ3v) is 7.23. The van der Waals surface area contributed by atoms with Gasteiger partial charge >= 0.3 is 5.97 Å². The molecule has 0 bridgehead atoms. The topological polar surface area (TPSA) is 146 Å². The van der Waals surface area contributed by atoms with E-state index < -0.39 is 11.6 Å². The normalized spacial score (nSPS) is 17.2. The molecule has 202 valence electrons. The number of hydrogen-bond acceptors (Lipinski definition) is 8. The third-order valence-electron chi connectivity index (χ3n) is 7.23. The number of rotatable bonds is 8. The number of nitrogens with zero attached hydrogens (tertiary/aromatic N) is 2. The number of aromatic nitrogens is 2. The summed E-state index contributed by atoms with van der Waals surface area (Å²) in [6, 6.07) is 7.42. The number of ether oxygens (including phenoxy) is 2. The van der Waals surface area contributed by atoms with Crippen LogP contribution < -0.4 is 21.3 Å². The molecule has 2 aromatic heterocycles. The SMILES string of the molecule is CCc1c2c(nc3ccc(OCCCNC(=O)CN)cc13)-c1cc3c(c(=O)n1C2)COC(=O)[C@]3(O)CC.Cl. The highest BCUT2D eigenvalue weighted by atomic mass is 35.5. The van der Waals surface area contributed by atoms with Crippen LogP contribution in [0.4, 0.5) is 0 Å². The molecule has 3 aromatic rings. The van der Waals surface area contributed by atoms with Crippen LogP contribution in [0.3, 0.4) is 0 Å². The first kappa shape index (κ1) is 27.6. The third kappa shape index (κ3) is 4.42. The van der Waals surface area contributed by atoms with Crippen LogP contribution in [0.5, 0.6) is 5.75 Å². The lowest BCUT2D eigenvalue weighted by Crippen LogP contribution is -2.44. The van der Waals surface area contributed by atoms with Crippen molar-refractivity contribution in [2.24, 2.45) is 5.73 Å². The highest BCUT2D eigenvalue weighted by Crippen LogP contribution is 2.40. The van der Waals surface area contributed by atoms with Gasteiger partial charge in [-0.1, -0.05) is 13.8 Å². The first-order chi connectivity index (χ1) is 17.8. The van der Waals surface area contributed by atoms with Crippen molar-refractivity contribution in [3.63, 3.8) is 0 Å². The number of cyclic esters (lactones) is 1. The summed E-state index contributed by atoms with van der Waals surface area (Å²) >= 11 is 0. The van der Waals surface area contributed by atoms with E-state index >= 15 is 0 Å². The molecule has 0 saturated carbocycles. The van der Waals surface area contributed by atoms with Gasteiger partial charge in [0.05, 0.1) is 42.2 Å². The number of carbonyl (C=O) groups is 2. The molecule has 0 unspecified atom stereocenters. The zero-order valence-corrected chi connectivity index (χ0v) is 22.2. The second-order valence-electron chi connectivity index (χ2n) is 9.31. The Kier molecular flexibility index (Phi) is 7.78. The van der Waals surface area contributed by atoms with E-state index in [1.54, 1.807) is 17.6 Å². The van der Waals surface area contributed by atoms with Gasteiger partial charge < -0.3 is 30.2 Å². The van der Waals surface area contributed by atoms with Crippen LogP contribution in [-0.2, 0) is 39.5 Å². The fourth-order valence-electron chi connectivity index (χ4n) is 5.20. The van der Waals surface area contributed by atoms with Crippen LogP contribution in [0.15, 0.2) is 29.1 Å². The number of pyridine rings is 2. The Labute approximate surface area is 225 Å². The fraction of sp³-hybridized carbons (Fsp3) is 0.407. The zero-order valence-electron chi connectivity index (χ0n) is 21.3. The molecule has 4 N–H and O–H groups in total. The summed E-state index contributed by atoms with van der Waals surface area (Å²) in [4.78, 5) is 42.0. The molecule has 1 amide bonds. The van der Waals surface area contributed by atoms with Crippen LogP contribution >= 0.6 is 12.4 Å². The Morgan fingerprint density at radius 2 is 2.05 bits per heavy atom. The molecule has 0 saturated heterocycles. The first-order valence-corrected chi connectivity index (χ1v) is 12.5. The van der Waals surface area contributed by atoms with Gasteiger partial charge in [-0.15, -0.1) is 12.4 Å². The number of hydrogen-bond donors (Lipinski definition) is 3. The van der Waals surface area contributed by atoms with Gasteiger partial charge in [0.1, 0.15) is 12.4 Å². The van der Waals surface area contributed by atoms with Crippen LogP contribution in [0.1, 0.15) is 48.9 Å². The number of fused-ring (bicyclic) bond motifs is 5. The molecule has 4 heterocycles. The Balaban J connectivity index is 0.00000336. The fourth-order valence-corrected chi connectivity index (χ4v) is 5.20. The Morgan fingerprint density at radius 1 is 1.26 bits per heavy atom. The van der Waals surface area contributed by atoms with Crippen molar-refractivity contribution in [3.05, 3.63) is 56.9 Å². The van der Waals surface area contributed by atoms with Crippen molar-refractivity contribution < 1.29 is 24.2 Å². The van der Waals surface area contributed by atoms with Gasteiger partial charge in [0.15, 0.2) is 5.60 Å².